The number of hydrogen-bond donors (Lipinski definition) is 0. The van der Waals surface area contributed by atoms with Gasteiger partial charge in [-0.05, 0) is 31.2 Å². The van der Waals surface area contributed by atoms with Crippen molar-refractivity contribution in [2.45, 2.75) is 17.8 Å². The highest BCUT2D eigenvalue weighted by atomic mass is 32.2. The minimum atomic E-state index is -0.431. The third kappa shape index (κ3) is 4.27. The molecule has 0 atom stereocenters. The van der Waals surface area contributed by atoms with Crippen LogP contribution in [0.4, 0.5) is 4.39 Å². The minimum absolute atomic E-state index is 0.300. The average molecular weight is 441 g/mol. The fraction of sp³-hybridized carbons (Fsp3) is 0.143. The molecule has 6 nitrogen and oxygen atoms in total. The maximum Gasteiger partial charge on any atom is 0.357 e. The standard InChI is InChI=1S/C21H17FN4O2S2/c1-2-28-20(27)17-12-29-18(23-17)13-30-21-25-24-19(15-10-6-7-11-16(15)22)26(21)14-8-4-3-5-9-14/h3-12H,2,13H2,1H3. The van der Waals surface area contributed by atoms with Crippen molar-refractivity contribution in [1.82, 2.24) is 19.7 Å². The molecule has 2 heterocycles. The van der Waals surface area contributed by atoms with Crippen molar-refractivity contribution >= 4 is 29.1 Å². The number of nitrogens with zero attached hydrogens (tertiary/aromatic N) is 4. The van der Waals surface area contributed by atoms with Gasteiger partial charge in [0.05, 0.1) is 17.9 Å². The Balaban J connectivity index is 1.64. The van der Waals surface area contributed by atoms with E-state index in [1.54, 1.807) is 30.5 Å². The molecule has 2 aromatic carbocycles. The number of thiazole rings is 1. The summed E-state index contributed by atoms with van der Waals surface area (Å²) in [6.07, 6.45) is 0. The number of esters is 1. The summed E-state index contributed by atoms with van der Waals surface area (Å²) in [5, 5.41) is 11.6. The van der Waals surface area contributed by atoms with Crippen LogP contribution in [0.2, 0.25) is 0 Å². The van der Waals surface area contributed by atoms with E-state index < -0.39 is 5.97 Å². The van der Waals surface area contributed by atoms with Gasteiger partial charge in [-0.1, -0.05) is 42.1 Å². The predicted octanol–water partition coefficient (Wildman–Crippen LogP) is 5.00. The third-order valence-electron chi connectivity index (χ3n) is 4.12. The van der Waals surface area contributed by atoms with Crippen LogP contribution in [0.5, 0.6) is 0 Å². The molecule has 0 bridgehead atoms. The summed E-state index contributed by atoms with van der Waals surface area (Å²) in [7, 11) is 0. The lowest BCUT2D eigenvalue weighted by Gasteiger charge is -2.10. The molecule has 0 saturated carbocycles. The molecule has 0 aliphatic carbocycles. The number of halogens is 1. The maximum absolute atomic E-state index is 14.4. The van der Waals surface area contributed by atoms with Crippen molar-refractivity contribution in [3.05, 3.63) is 76.5 Å². The Hall–Kier alpha value is -3.04. The van der Waals surface area contributed by atoms with Crippen LogP contribution in [0.15, 0.2) is 65.1 Å². The van der Waals surface area contributed by atoms with E-state index in [0.29, 0.717) is 34.6 Å². The lowest BCUT2D eigenvalue weighted by Crippen LogP contribution is -2.05. The molecule has 0 spiro atoms. The second-order valence-corrected chi connectivity index (χ2v) is 7.98. The predicted molar refractivity (Wildman–Crippen MR) is 114 cm³/mol. The molecule has 4 rings (SSSR count). The Morgan fingerprint density at radius 2 is 1.90 bits per heavy atom. The van der Waals surface area contributed by atoms with Crippen LogP contribution < -0.4 is 0 Å². The van der Waals surface area contributed by atoms with Gasteiger partial charge in [-0.25, -0.2) is 14.2 Å². The maximum atomic E-state index is 14.4. The van der Waals surface area contributed by atoms with Gasteiger partial charge in [-0.3, -0.25) is 4.57 Å². The number of ether oxygens (including phenoxy) is 1. The number of rotatable bonds is 7. The number of thioether (sulfide) groups is 1. The quantitative estimate of drug-likeness (QED) is 0.298. The minimum Gasteiger partial charge on any atom is -0.461 e. The summed E-state index contributed by atoms with van der Waals surface area (Å²) in [5.74, 6) is 0.122. The van der Waals surface area contributed by atoms with E-state index in [0.717, 1.165) is 10.7 Å². The molecular formula is C21H17FN4O2S2. The van der Waals surface area contributed by atoms with Gasteiger partial charge < -0.3 is 4.74 Å². The fourth-order valence-electron chi connectivity index (χ4n) is 2.79. The number of hydrogen-bond acceptors (Lipinski definition) is 7. The Kier molecular flexibility index (Phi) is 6.20. The summed E-state index contributed by atoms with van der Waals surface area (Å²) in [5.41, 5.74) is 1.50. The van der Waals surface area contributed by atoms with Gasteiger partial charge >= 0.3 is 5.97 Å². The van der Waals surface area contributed by atoms with Crippen LogP contribution in [-0.2, 0) is 10.5 Å². The Labute approximate surface area is 180 Å². The van der Waals surface area contributed by atoms with E-state index in [1.807, 2.05) is 34.9 Å². The SMILES string of the molecule is CCOC(=O)c1csc(CSc2nnc(-c3ccccc3F)n2-c2ccccc2)n1. The highest BCUT2D eigenvalue weighted by Gasteiger charge is 2.19. The number of carbonyl (C=O) groups is 1. The zero-order valence-electron chi connectivity index (χ0n) is 16.0. The van der Waals surface area contributed by atoms with E-state index in [4.69, 9.17) is 4.74 Å². The number of benzene rings is 2. The van der Waals surface area contributed by atoms with Gasteiger partial charge in [-0.15, -0.1) is 21.5 Å². The third-order valence-corrected chi connectivity index (χ3v) is 6.10. The van der Waals surface area contributed by atoms with Gasteiger partial charge in [-0.2, -0.15) is 0 Å². The summed E-state index contributed by atoms with van der Waals surface area (Å²) in [6, 6.07) is 16.0. The second-order valence-electron chi connectivity index (χ2n) is 6.09. The van der Waals surface area contributed by atoms with Crippen LogP contribution in [0.3, 0.4) is 0 Å². The van der Waals surface area contributed by atoms with E-state index in [1.165, 1.54) is 29.2 Å². The van der Waals surface area contributed by atoms with Crippen molar-refractivity contribution in [2.24, 2.45) is 0 Å². The largest absolute Gasteiger partial charge is 0.461 e. The molecule has 9 heteroatoms. The van der Waals surface area contributed by atoms with E-state index in [-0.39, 0.29) is 5.82 Å². The molecular weight excluding hydrogens is 423 g/mol. The fourth-order valence-corrected chi connectivity index (χ4v) is 4.53. The highest BCUT2D eigenvalue weighted by Crippen LogP contribution is 2.31. The smallest absolute Gasteiger partial charge is 0.357 e. The lowest BCUT2D eigenvalue weighted by molar-refractivity contribution is 0.0520. The number of carbonyl (C=O) groups excluding carboxylic acids is 1. The lowest BCUT2D eigenvalue weighted by atomic mass is 10.2. The molecule has 0 radical (unpaired) electrons. The van der Waals surface area contributed by atoms with Gasteiger partial charge in [0.2, 0.25) is 0 Å². The molecule has 0 saturated heterocycles. The van der Waals surface area contributed by atoms with Crippen LogP contribution in [0, 0.1) is 5.82 Å². The Morgan fingerprint density at radius 1 is 1.13 bits per heavy atom. The number of aromatic nitrogens is 4. The summed E-state index contributed by atoms with van der Waals surface area (Å²) in [6.45, 7) is 2.06. The zero-order valence-corrected chi connectivity index (χ0v) is 17.6. The molecule has 0 amide bonds. The molecule has 0 fully saturated rings. The van der Waals surface area contributed by atoms with Crippen molar-refractivity contribution < 1.29 is 13.9 Å². The van der Waals surface area contributed by atoms with Crippen LogP contribution in [0.25, 0.3) is 17.1 Å². The first-order valence-electron chi connectivity index (χ1n) is 9.17. The first kappa shape index (κ1) is 20.2. The summed E-state index contributed by atoms with van der Waals surface area (Å²) in [4.78, 5) is 16.1. The van der Waals surface area contributed by atoms with Gasteiger partial charge in [0, 0.05) is 11.1 Å². The summed E-state index contributed by atoms with van der Waals surface area (Å²) < 4.78 is 21.2. The van der Waals surface area contributed by atoms with Crippen molar-refractivity contribution in [2.75, 3.05) is 6.61 Å². The van der Waals surface area contributed by atoms with Gasteiger partial charge in [0.15, 0.2) is 16.7 Å². The van der Waals surface area contributed by atoms with E-state index in [2.05, 4.69) is 15.2 Å². The second kappa shape index (κ2) is 9.19. The van der Waals surface area contributed by atoms with E-state index in [9.17, 15) is 9.18 Å². The number of para-hydroxylation sites is 1. The van der Waals surface area contributed by atoms with Crippen molar-refractivity contribution in [1.29, 1.82) is 0 Å². The molecule has 0 aliphatic heterocycles. The normalized spacial score (nSPS) is 10.9. The average Bonchev–Trinajstić information content (AvgIpc) is 3.41. The molecule has 0 N–H and O–H groups in total. The van der Waals surface area contributed by atoms with Crippen molar-refractivity contribution in [3.8, 4) is 17.1 Å². The van der Waals surface area contributed by atoms with Crippen LogP contribution in [0.1, 0.15) is 22.4 Å². The van der Waals surface area contributed by atoms with Crippen molar-refractivity contribution in [3.63, 3.8) is 0 Å². The molecule has 0 aliphatic rings. The topological polar surface area (TPSA) is 69.9 Å². The Bertz CT molecular complexity index is 1160. The molecule has 2 aromatic heterocycles. The van der Waals surface area contributed by atoms with Crippen LogP contribution >= 0.6 is 23.1 Å². The first-order chi connectivity index (χ1) is 14.7. The monoisotopic (exact) mass is 440 g/mol. The zero-order chi connectivity index (χ0) is 20.9. The Morgan fingerprint density at radius 3 is 2.67 bits per heavy atom. The van der Waals surface area contributed by atoms with E-state index >= 15 is 0 Å². The first-order valence-corrected chi connectivity index (χ1v) is 11.0. The summed E-state index contributed by atoms with van der Waals surface area (Å²) >= 11 is 2.80. The van der Waals surface area contributed by atoms with Gasteiger partial charge in [0.25, 0.3) is 0 Å². The molecule has 30 heavy (non-hydrogen) atoms. The molecule has 152 valence electrons. The highest BCUT2D eigenvalue weighted by molar-refractivity contribution is 7.98. The van der Waals surface area contributed by atoms with Crippen LogP contribution in [-0.4, -0.2) is 32.3 Å². The molecule has 0 unspecified atom stereocenters. The molecule has 4 aromatic rings. The van der Waals surface area contributed by atoms with Gasteiger partial charge in [0.1, 0.15) is 10.8 Å².